The predicted molar refractivity (Wildman–Crippen MR) is 115 cm³/mol. The Morgan fingerprint density at radius 2 is 1.68 bits per heavy atom. The molecular weight excluding hydrogens is 394 g/mol. The Bertz CT molecular complexity index is 1080. The molecule has 0 radical (unpaired) electrons. The molecule has 2 aromatic carbocycles. The number of aromatic nitrogens is 1. The second kappa shape index (κ2) is 8.35. The Morgan fingerprint density at radius 3 is 2.35 bits per heavy atom. The topological polar surface area (TPSA) is 84.7 Å². The van der Waals surface area contributed by atoms with Crippen LogP contribution in [0.1, 0.15) is 45.4 Å². The van der Waals surface area contributed by atoms with Crippen LogP contribution in [-0.2, 0) is 4.74 Å². The van der Waals surface area contributed by atoms with Crippen LogP contribution in [0, 0.1) is 0 Å². The molecule has 2 fully saturated rings. The molecule has 7 nitrogen and oxygen atoms in total. The number of hydrogen-bond donors (Lipinski definition) is 1. The molecule has 5 rings (SSSR count). The summed E-state index contributed by atoms with van der Waals surface area (Å²) in [7, 11) is 0. The first kappa shape index (κ1) is 19.5. The number of oxazole rings is 1. The second-order valence-corrected chi connectivity index (χ2v) is 7.81. The summed E-state index contributed by atoms with van der Waals surface area (Å²) in [6, 6.07) is 16.5. The third-order valence-electron chi connectivity index (χ3n) is 5.53. The van der Waals surface area contributed by atoms with Crippen molar-refractivity contribution in [3.63, 3.8) is 0 Å². The van der Waals surface area contributed by atoms with Gasteiger partial charge < -0.3 is 19.4 Å². The van der Waals surface area contributed by atoms with E-state index in [-0.39, 0.29) is 17.7 Å². The Labute approximate surface area is 180 Å². The maximum atomic E-state index is 13.0. The number of carbonyl (C=O) groups excluding carboxylic acids is 2. The average molecular weight is 417 g/mol. The molecule has 158 valence electrons. The summed E-state index contributed by atoms with van der Waals surface area (Å²) in [6.07, 6.45) is 2.00. The number of benzene rings is 2. The molecule has 3 aromatic rings. The highest BCUT2D eigenvalue weighted by Crippen LogP contribution is 2.43. The van der Waals surface area contributed by atoms with Crippen LogP contribution in [0.15, 0.2) is 59.0 Å². The van der Waals surface area contributed by atoms with Gasteiger partial charge in [-0.05, 0) is 49.2 Å². The highest BCUT2D eigenvalue weighted by molar-refractivity contribution is 6.04. The van der Waals surface area contributed by atoms with Crippen LogP contribution in [0.3, 0.4) is 0 Å². The minimum atomic E-state index is -0.305. The molecule has 2 heterocycles. The number of nitrogens with one attached hydrogen (secondary N) is 1. The van der Waals surface area contributed by atoms with E-state index in [1.165, 1.54) is 0 Å². The Hall–Kier alpha value is -3.45. The monoisotopic (exact) mass is 417 g/mol. The van der Waals surface area contributed by atoms with Gasteiger partial charge in [-0.1, -0.05) is 18.2 Å². The zero-order chi connectivity index (χ0) is 21.2. The van der Waals surface area contributed by atoms with Crippen LogP contribution in [0.2, 0.25) is 0 Å². The summed E-state index contributed by atoms with van der Waals surface area (Å²) in [4.78, 5) is 31.8. The van der Waals surface area contributed by atoms with Crippen molar-refractivity contribution in [2.75, 3.05) is 31.6 Å². The number of nitrogens with zero attached hydrogens (tertiary/aromatic N) is 2. The molecule has 1 aromatic heterocycles. The molecular formula is C24H23N3O4. The standard InChI is InChI=1S/C24H23N3O4/c28-22(20-21(16-6-7-16)31-23(26-20)17-4-2-1-3-5-17)25-19-10-8-18(9-11-19)24(29)27-12-14-30-15-13-27/h1-5,8-11,16H,6-7,12-15H2,(H,25,28). The van der Waals surface area contributed by atoms with Gasteiger partial charge in [-0.25, -0.2) is 4.98 Å². The van der Waals surface area contributed by atoms with E-state index in [2.05, 4.69) is 10.3 Å². The molecule has 1 N–H and O–H groups in total. The molecule has 0 unspecified atom stereocenters. The van der Waals surface area contributed by atoms with Crippen molar-refractivity contribution >= 4 is 17.5 Å². The summed E-state index contributed by atoms with van der Waals surface area (Å²) in [6.45, 7) is 2.31. The lowest BCUT2D eigenvalue weighted by atomic mass is 10.1. The lowest BCUT2D eigenvalue weighted by Crippen LogP contribution is -2.40. The van der Waals surface area contributed by atoms with Crippen molar-refractivity contribution in [2.45, 2.75) is 18.8 Å². The first-order valence-electron chi connectivity index (χ1n) is 10.5. The zero-order valence-electron chi connectivity index (χ0n) is 17.0. The van der Waals surface area contributed by atoms with E-state index in [0.29, 0.717) is 54.9 Å². The molecule has 1 aliphatic carbocycles. The second-order valence-electron chi connectivity index (χ2n) is 7.81. The van der Waals surface area contributed by atoms with Crippen LogP contribution in [0.25, 0.3) is 11.5 Å². The van der Waals surface area contributed by atoms with Crippen molar-refractivity contribution in [2.24, 2.45) is 0 Å². The van der Waals surface area contributed by atoms with E-state index in [1.807, 2.05) is 30.3 Å². The summed E-state index contributed by atoms with van der Waals surface area (Å²) in [5.41, 5.74) is 2.37. The van der Waals surface area contributed by atoms with Crippen molar-refractivity contribution in [1.29, 1.82) is 0 Å². The molecule has 0 spiro atoms. The summed E-state index contributed by atoms with van der Waals surface area (Å²) < 4.78 is 11.3. The third-order valence-corrected chi connectivity index (χ3v) is 5.53. The number of carbonyl (C=O) groups is 2. The number of amides is 2. The summed E-state index contributed by atoms with van der Waals surface area (Å²) >= 11 is 0. The van der Waals surface area contributed by atoms with Gasteiger partial charge in [0.2, 0.25) is 5.89 Å². The first-order chi connectivity index (χ1) is 15.2. The minimum Gasteiger partial charge on any atom is -0.440 e. The highest BCUT2D eigenvalue weighted by Gasteiger charge is 2.34. The Balaban J connectivity index is 1.32. The van der Waals surface area contributed by atoms with Crippen LogP contribution in [-0.4, -0.2) is 48.0 Å². The fraction of sp³-hybridized carbons (Fsp3) is 0.292. The van der Waals surface area contributed by atoms with E-state index < -0.39 is 0 Å². The zero-order valence-corrected chi connectivity index (χ0v) is 17.0. The number of hydrogen-bond acceptors (Lipinski definition) is 5. The van der Waals surface area contributed by atoms with Gasteiger partial charge in [-0.2, -0.15) is 0 Å². The molecule has 1 saturated heterocycles. The van der Waals surface area contributed by atoms with Gasteiger partial charge in [-0.15, -0.1) is 0 Å². The van der Waals surface area contributed by atoms with Crippen molar-refractivity contribution < 1.29 is 18.7 Å². The largest absolute Gasteiger partial charge is 0.440 e. The SMILES string of the molecule is O=C(Nc1ccc(C(=O)N2CCOCC2)cc1)c1nc(-c2ccccc2)oc1C1CC1. The number of anilines is 1. The maximum absolute atomic E-state index is 13.0. The molecule has 31 heavy (non-hydrogen) atoms. The van der Waals surface area contributed by atoms with Gasteiger partial charge in [0.25, 0.3) is 11.8 Å². The van der Waals surface area contributed by atoms with E-state index in [4.69, 9.17) is 9.15 Å². The summed E-state index contributed by atoms with van der Waals surface area (Å²) in [5.74, 6) is 1.02. The van der Waals surface area contributed by atoms with Gasteiger partial charge in [0.1, 0.15) is 5.76 Å². The van der Waals surface area contributed by atoms with E-state index >= 15 is 0 Å². The van der Waals surface area contributed by atoms with E-state index in [0.717, 1.165) is 18.4 Å². The van der Waals surface area contributed by atoms with Crippen molar-refractivity contribution in [1.82, 2.24) is 9.88 Å². The van der Waals surface area contributed by atoms with Gasteiger partial charge in [-0.3, -0.25) is 9.59 Å². The maximum Gasteiger partial charge on any atom is 0.277 e. The lowest BCUT2D eigenvalue weighted by molar-refractivity contribution is 0.0303. The van der Waals surface area contributed by atoms with Gasteiger partial charge >= 0.3 is 0 Å². The molecule has 0 bridgehead atoms. The molecule has 7 heteroatoms. The van der Waals surface area contributed by atoms with Gasteiger partial charge in [0, 0.05) is 35.8 Å². The Kier molecular flexibility index (Phi) is 5.26. The van der Waals surface area contributed by atoms with Crippen LogP contribution in [0.4, 0.5) is 5.69 Å². The number of rotatable bonds is 5. The van der Waals surface area contributed by atoms with Crippen LogP contribution in [0.5, 0.6) is 0 Å². The first-order valence-corrected chi connectivity index (χ1v) is 10.5. The number of ether oxygens (including phenoxy) is 1. The van der Waals surface area contributed by atoms with Crippen molar-refractivity contribution in [3.05, 3.63) is 71.6 Å². The van der Waals surface area contributed by atoms with E-state index in [1.54, 1.807) is 29.2 Å². The highest BCUT2D eigenvalue weighted by atomic mass is 16.5. The fourth-order valence-corrected chi connectivity index (χ4v) is 3.66. The molecule has 1 aliphatic heterocycles. The molecule has 1 saturated carbocycles. The fourth-order valence-electron chi connectivity index (χ4n) is 3.66. The Morgan fingerprint density at radius 1 is 0.968 bits per heavy atom. The van der Waals surface area contributed by atoms with Crippen LogP contribution < -0.4 is 5.32 Å². The normalized spacial score (nSPS) is 16.2. The molecule has 2 aliphatic rings. The average Bonchev–Trinajstić information content (AvgIpc) is 3.58. The smallest absolute Gasteiger partial charge is 0.277 e. The van der Waals surface area contributed by atoms with Gasteiger partial charge in [0.15, 0.2) is 5.69 Å². The third kappa shape index (κ3) is 4.22. The van der Waals surface area contributed by atoms with E-state index in [9.17, 15) is 9.59 Å². The predicted octanol–water partition coefficient (Wildman–Crippen LogP) is 3.94. The van der Waals surface area contributed by atoms with Crippen molar-refractivity contribution in [3.8, 4) is 11.5 Å². The molecule has 2 amide bonds. The minimum absolute atomic E-state index is 0.0267. The lowest BCUT2D eigenvalue weighted by Gasteiger charge is -2.26. The quantitative estimate of drug-likeness (QED) is 0.680. The molecule has 0 atom stereocenters. The summed E-state index contributed by atoms with van der Waals surface area (Å²) in [5, 5.41) is 2.89. The number of morpholine rings is 1. The van der Waals surface area contributed by atoms with Crippen LogP contribution >= 0.6 is 0 Å². The van der Waals surface area contributed by atoms with Gasteiger partial charge in [0.05, 0.1) is 13.2 Å².